The molecule has 1 atom stereocenters. The first-order valence-electron chi connectivity index (χ1n) is 8.28. The van der Waals surface area contributed by atoms with Gasteiger partial charge in [-0.15, -0.1) is 0 Å². The Morgan fingerprint density at radius 2 is 2.12 bits per heavy atom. The van der Waals surface area contributed by atoms with Gasteiger partial charge in [-0.3, -0.25) is 14.3 Å². The van der Waals surface area contributed by atoms with Crippen LogP contribution in [0.5, 0.6) is 0 Å². The van der Waals surface area contributed by atoms with Gasteiger partial charge < -0.3 is 0 Å². The van der Waals surface area contributed by atoms with Gasteiger partial charge in [-0.05, 0) is 43.0 Å². The van der Waals surface area contributed by atoms with Crippen LogP contribution in [-0.2, 0) is 13.0 Å². The Labute approximate surface area is 139 Å². The molecule has 122 valence electrons. The number of pyridine rings is 1. The van der Waals surface area contributed by atoms with Crippen LogP contribution in [0, 0.1) is 11.7 Å². The molecule has 3 aromatic rings. The first kappa shape index (κ1) is 15.0. The highest BCUT2D eigenvalue weighted by Crippen LogP contribution is 2.25. The predicted octanol–water partition coefficient (Wildman–Crippen LogP) is 3.57. The lowest BCUT2D eigenvalue weighted by Crippen LogP contribution is -2.25. The molecule has 1 aliphatic heterocycles. The highest BCUT2D eigenvalue weighted by molar-refractivity contribution is 5.83. The molecular weight excluding hydrogens is 305 g/mol. The number of halogens is 1. The Bertz CT molecular complexity index is 966. The van der Waals surface area contributed by atoms with E-state index in [4.69, 9.17) is 0 Å². The summed E-state index contributed by atoms with van der Waals surface area (Å²) in [6, 6.07) is 8.62. The fourth-order valence-electron chi connectivity index (χ4n) is 3.32. The fraction of sp³-hybridized carbons (Fsp3) is 0.316. The van der Waals surface area contributed by atoms with Gasteiger partial charge in [-0.1, -0.05) is 13.0 Å². The molecule has 0 bridgehead atoms. The molecule has 0 aliphatic carbocycles. The number of hydrogen-bond donors (Lipinski definition) is 0. The zero-order chi connectivity index (χ0) is 16.7. The molecule has 1 aromatic carbocycles. The van der Waals surface area contributed by atoms with Crippen LogP contribution in [0.25, 0.3) is 22.2 Å². The highest BCUT2D eigenvalue weighted by Gasteiger charge is 2.19. The average Bonchev–Trinajstić information content (AvgIpc) is 2.77. The van der Waals surface area contributed by atoms with Gasteiger partial charge in [0.25, 0.3) is 5.56 Å². The number of nitrogens with zero attached hydrogens (tertiary/aromatic N) is 3. The second kappa shape index (κ2) is 5.82. The largest absolute Gasteiger partial charge is 0.296 e. The van der Waals surface area contributed by atoms with Crippen molar-refractivity contribution in [3.63, 3.8) is 0 Å². The van der Waals surface area contributed by atoms with E-state index in [2.05, 4.69) is 16.9 Å². The van der Waals surface area contributed by atoms with Crippen molar-refractivity contribution in [2.24, 2.45) is 5.92 Å². The molecule has 3 heterocycles. The van der Waals surface area contributed by atoms with Crippen LogP contribution in [0.15, 0.2) is 41.3 Å². The van der Waals surface area contributed by atoms with Crippen LogP contribution in [0.4, 0.5) is 4.39 Å². The van der Waals surface area contributed by atoms with Gasteiger partial charge in [0.05, 0.1) is 11.2 Å². The summed E-state index contributed by atoms with van der Waals surface area (Å²) in [6.45, 7) is 2.79. The van der Waals surface area contributed by atoms with Crippen LogP contribution >= 0.6 is 0 Å². The van der Waals surface area contributed by atoms with Crippen molar-refractivity contribution in [2.45, 2.75) is 32.7 Å². The lowest BCUT2D eigenvalue weighted by Gasteiger charge is -2.11. The van der Waals surface area contributed by atoms with Gasteiger partial charge in [0.2, 0.25) is 0 Å². The monoisotopic (exact) mass is 323 g/mol. The minimum Gasteiger partial charge on any atom is -0.296 e. The van der Waals surface area contributed by atoms with Gasteiger partial charge in [0.1, 0.15) is 17.0 Å². The van der Waals surface area contributed by atoms with E-state index in [1.807, 2.05) is 18.2 Å². The summed E-state index contributed by atoms with van der Waals surface area (Å²) < 4.78 is 16.3. The Hall–Kier alpha value is -2.56. The van der Waals surface area contributed by atoms with E-state index in [0.29, 0.717) is 29.2 Å². The number of aryl methyl sites for hydroxylation is 1. The minimum atomic E-state index is -0.529. The maximum absolute atomic E-state index is 14.7. The minimum absolute atomic E-state index is 0.0768. The van der Waals surface area contributed by atoms with E-state index in [1.165, 1.54) is 6.07 Å². The quantitative estimate of drug-likeness (QED) is 0.688. The highest BCUT2D eigenvalue weighted by atomic mass is 19.1. The maximum Gasteiger partial charge on any atom is 0.264 e. The van der Waals surface area contributed by atoms with Crippen molar-refractivity contribution >= 4 is 10.9 Å². The lowest BCUT2D eigenvalue weighted by atomic mass is 10.0. The molecule has 5 heteroatoms. The summed E-state index contributed by atoms with van der Waals surface area (Å²) >= 11 is 0. The number of hydrogen-bond acceptors (Lipinski definition) is 3. The molecule has 0 saturated carbocycles. The van der Waals surface area contributed by atoms with Crippen LogP contribution in [-0.4, -0.2) is 14.5 Å². The molecule has 0 saturated heterocycles. The third-order valence-corrected chi connectivity index (χ3v) is 4.76. The zero-order valence-electron chi connectivity index (χ0n) is 13.5. The SMILES string of the molecule is CC1CCc2nc3cc(-c4ccccn4)cc(F)c3c(=O)n2CC1. The second-order valence-corrected chi connectivity index (χ2v) is 6.48. The Balaban J connectivity index is 1.95. The van der Waals surface area contributed by atoms with Crippen molar-refractivity contribution in [3.05, 3.63) is 58.5 Å². The van der Waals surface area contributed by atoms with Gasteiger partial charge in [-0.25, -0.2) is 9.37 Å². The van der Waals surface area contributed by atoms with E-state index < -0.39 is 5.82 Å². The lowest BCUT2D eigenvalue weighted by molar-refractivity contribution is 0.483. The van der Waals surface area contributed by atoms with Gasteiger partial charge in [0.15, 0.2) is 0 Å². The molecule has 2 aromatic heterocycles. The zero-order valence-corrected chi connectivity index (χ0v) is 13.5. The van der Waals surface area contributed by atoms with Gasteiger partial charge in [-0.2, -0.15) is 0 Å². The van der Waals surface area contributed by atoms with Crippen molar-refractivity contribution in [1.82, 2.24) is 14.5 Å². The molecule has 4 nitrogen and oxygen atoms in total. The maximum atomic E-state index is 14.7. The molecule has 0 radical (unpaired) electrons. The molecule has 4 rings (SSSR count). The molecule has 0 spiro atoms. The molecule has 1 unspecified atom stereocenters. The fourth-order valence-corrected chi connectivity index (χ4v) is 3.32. The number of fused-ring (bicyclic) bond motifs is 2. The summed E-state index contributed by atoms with van der Waals surface area (Å²) in [5.74, 6) is 0.774. The van der Waals surface area contributed by atoms with E-state index in [1.54, 1.807) is 16.8 Å². The van der Waals surface area contributed by atoms with E-state index >= 15 is 0 Å². The average molecular weight is 323 g/mol. The smallest absolute Gasteiger partial charge is 0.264 e. The predicted molar refractivity (Wildman–Crippen MR) is 91.3 cm³/mol. The van der Waals surface area contributed by atoms with Crippen molar-refractivity contribution < 1.29 is 4.39 Å². The van der Waals surface area contributed by atoms with Crippen LogP contribution in [0.3, 0.4) is 0 Å². The summed E-state index contributed by atoms with van der Waals surface area (Å²) in [4.78, 5) is 21.6. The Morgan fingerprint density at radius 1 is 1.25 bits per heavy atom. The summed E-state index contributed by atoms with van der Waals surface area (Å²) in [5, 5.41) is 0.0768. The first-order chi connectivity index (χ1) is 11.6. The third-order valence-electron chi connectivity index (χ3n) is 4.76. The Kier molecular flexibility index (Phi) is 3.63. The number of rotatable bonds is 1. The molecular formula is C19H18FN3O. The van der Waals surface area contributed by atoms with Crippen LogP contribution in [0.2, 0.25) is 0 Å². The third kappa shape index (κ3) is 2.50. The molecule has 0 amide bonds. The molecule has 0 N–H and O–H groups in total. The van der Waals surface area contributed by atoms with Crippen molar-refractivity contribution in [2.75, 3.05) is 0 Å². The van der Waals surface area contributed by atoms with Crippen LogP contribution in [0.1, 0.15) is 25.6 Å². The molecule has 0 fully saturated rings. The van der Waals surface area contributed by atoms with E-state index in [-0.39, 0.29) is 10.9 Å². The molecule has 24 heavy (non-hydrogen) atoms. The van der Waals surface area contributed by atoms with Gasteiger partial charge >= 0.3 is 0 Å². The van der Waals surface area contributed by atoms with Gasteiger partial charge in [0, 0.05) is 24.7 Å². The summed E-state index contributed by atoms with van der Waals surface area (Å²) in [7, 11) is 0. The first-order valence-corrected chi connectivity index (χ1v) is 8.28. The van der Waals surface area contributed by atoms with Crippen molar-refractivity contribution in [3.8, 4) is 11.3 Å². The van der Waals surface area contributed by atoms with E-state index in [0.717, 1.165) is 25.1 Å². The topological polar surface area (TPSA) is 47.8 Å². The van der Waals surface area contributed by atoms with Crippen molar-refractivity contribution in [1.29, 1.82) is 0 Å². The molecule has 1 aliphatic rings. The van der Waals surface area contributed by atoms with E-state index in [9.17, 15) is 9.18 Å². The van der Waals surface area contributed by atoms with Crippen LogP contribution < -0.4 is 5.56 Å². The number of aromatic nitrogens is 3. The summed E-state index contributed by atoms with van der Waals surface area (Å²) in [6.07, 6.45) is 4.34. The normalized spacial score (nSPS) is 17.5. The number of benzene rings is 1. The summed E-state index contributed by atoms with van der Waals surface area (Å²) in [5.41, 5.74) is 1.46. The standard InChI is InChI=1S/C19H18FN3O/c1-12-5-6-17-22-16-11-13(15-4-2-3-8-21-15)10-14(20)18(16)19(24)23(17)9-7-12/h2-4,8,10-12H,5-7,9H2,1H3. The Morgan fingerprint density at radius 3 is 2.92 bits per heavy atom. The second-order valence-electron chi connectivity index (χ2n) is 6.48.